The predicted octanol–water partition coefficient (Wildman–Crippen LogP) is 3.18. The van der Waals surface area contributed by atoms with Gasteiger partial charge in [-0.2, -0.15) is 0 Å². The number of aromatic nitrogens is 1. The second-order valence-electron chi connectivity index (χ2n) is 3.77. The second-order valence-corrected chi connectivity index (χ2v) is 4.62. The largest absolute Gasteiger partial charge is 0.376 e. The number of carbonyl (C=O) groups excluding carboxylic acids is 1. The fraction of sp³-hybridized carbons (Fsp3) is 0.231. The van der Waals surface area contributed by atoms with E-state index >= 15 is 0 Å². The maximum atomic E-state index is 11.7. The molecule has 0 atom stereocenters. The number of nitrogens with one attached hydrogen (secondary N) is 2. The summed E-state index contributed by atoms with van der Waals surface area (Å²) in [7, 11) is 0. The van der Waals surface area contributed by atoms with Gasteiger partial charge < -0.3 is 10.6 Å². The van der Waals surface area contributed by atoms with Crippen LogP contribution in [-0.2, 0) is 11.2 Å². The normalized spacial score (nSPS) is 9.53. The molecule has 2 N–H and O–H groups in total. The summed E-state index contributed by atoms with van der Waals surface area (Å²) in [5.41, 5.74) is 1.94. The van der Waals surface area contributed by atoms with Crippen LogP contribution in [0, 0.1) is 0 Å². The molecule has 0 spiro atoms. The van der Waals surface area contributed by atoms with Crippen LogP contribution in [0.3, 0.4) is 0 Å². The van der Waals surface area contributed by atoms with Gasteiger partial charge in [-0.05, 0) is 18.6 Å². The molecule has 19 heavy (non-hydrogen) atoms. The van der Waals surface area contributed by atoms with Crippen molar-refractivity contribution in [2.75, 3.05) is 17.2 Å². The van der Waals surface area contributed by atoms with Gasteiger partial charge in [0, 0.05) is 11.1 Å². The van der Waals surface area contributed by atoms with Gasteiger partial charge in [0.25, 0.3) is 0 Å². The standard InChI is InChI=1S/C13H15N3OS.ClH/c1-2-10-9-18-13(15-10)16-12(17)8-14-11-6-4-3-5-7-11;/h3-7,9,14H,2,8H2,1H3,(H,15,16,17);1H. The number of carbonyl (C=O) groups is 1. The van der Waals surface area contributed by atoms with Gasteiger partial charge in [-0.3, -0.25) is 4.79 Å². The first kappa shape index (κ1) is 15.5. The molecule has 6 heteroatoms. The van der Waals surface area contributed by atoms with E-state index in [1.165, 1.54) is 11.3 Å². The quantitative estimate of drug-likeness (QED) is 0.891. The third kappa shape index (κ3) is 4.89. The van der Waals surface area contributed by atoms with Crippen LogP contribution in [0.5, 0.6) is 0 Å². The van der Waals surface area contributed by atoms with Crippen molar-refractivity contribution in [3.05, 3.63) is 41.4 Å². The number of amides is 1. The van der Waals surface area contributed by atoms with Crippen LogP contribution in [0.1, 0.15) is 12.6 Å². The fourth-order valence-corrected chi connectivity index (χ4v) is 2.24. The van der Waals surface area contributed by atoms with Crippen LogP contribution in [0.25, 0.3) is 0 Å². The molecule has 0 saturated carbocycles. The van der Waals surface area contributed by atoms with E-state index in [0.717, 1.165) is 17.8 Å². The van der Waals surface area contributed by atoms with E-state index in [-0.39, 0.29) is 24.9 Å². The molecule has 2 aromatic rings. The number of aryl methyl sites for hydroxylation is 1. The SMILES string of the molecule is CCc1csc(NC(=O)CNc2ccccc2)n1.Cl. The van der Waals surface area contributed by atoms with E-state index in [1.54, 1.807) is 0 Å². The zero-order chi connectivity index (χ0) is 12.8. The molecule has 4 nitrogen and oxygen atoms in total. The van der Waals surface area contributed by atoms with Crippen LogP contribution in [0.2, 0.25) is 0 Å². The molecule has 1 amide bonds. The number of anilines is 2. The van der Waals surface area contributed by atoms with Crippen LogP contribution in [0.15, 0.2) is 35.7 Å². The van der Waals surface area contributed by atoms with Gasteiger partial charge >= 0.3 is 0 Å². The first-order valence-electron chi connectivity index (χ1n) is 5.81. The number of hydrogen-bond donors (Lipinski definition) is 2. The molecule has 1 aromatic heterocycles. The molecule has 0 fully saturated rings. The molecule has 0 saturated heterocycles. The molecule has 0 aliphatic carbocycles. The molecule has 102 valence electrons. The van der Waals surface area contributed by atoms with E-state index < -0.39 is 0 Å². The Kier molecular flexibility index (Phi) is 6.32. The monoisotopic (exact) mass is 297 g/mol. The van der Waals surface area contributed by atoms with Crippen molar-refractivity contribution >= 4 is 40.5 Å². The van der Waals surface area contributed by atoms with Gasteiger partial charge in [0.2, 0.25) is 5.91 Å². The van der Waals surface area contributed by atoms with Crippen molar-refractivity contribution in [1.29, 1.82) is 0 Å². The average Bonchev–Trinajstić information content (AvgIpc) is 2.85. The van der Waals surface area contributed by atoms with E-state index in [0.29, 0.717) is 5.13 Å². The number of thiazole rings is 1. The smallest absolute Gasteiger partial charge is 0.245 e. The molecule has 0 bridgehead atoms. The lowest BCUT2D eigenvalue weighted by Gasteiger charge is -2.05. The third-order valence-electron chi connectivity index (χ3n) is 2.39. The molecule has 0 aliphatic rings. The van der Waals surface area contributed by atoms with Crippen LogP contribution < -0.4 is 10.6 Å². The molecule has 1 heterocycles. The minimum atomic E-state index is -0.0872. The van der Waals surface area contributed by atoms with Crippen molar-refractivity contribution < 1.29 is 4.79 Å². The van der Waals surface area contributed by atoms with Gasteiger partial charge in [-0.1, -0.05) is 25.1 Å². The summed E-state index contributed by atoms with van der Waals surface area (Å²) >= 11 is 1.45. The lowest BCUT2D eigenvalue weighted by Crippen LogP contribution is -2.21. The summed E-state index contributed by atoms with van der Waals surface area (Å²) in [6, 6.07) is 9.63. The van der Waals surface area contributed by atoms with Crippen molar-refractivity contribution in [3.8, 4) is 0 Å². The highest BCUT2D eigenvalue weighted by Gasteiger charge is 2.05. The zero-order valence-corrected chi connectivity index (χ0v) is 12.2. The Morgan fingerprint density at radius 3 is 2.68 bits per heavy atom. The number of halogens is 1. The number of nitrogens with zero attached hydrogens (tertiary/aromatic N) is 1. The van der Waals surface area contributed by atoms with Crippen molar-refractivity contribution in [1.82, 2.24) is 4.98 Å². The number of para-hydroxylation sites is 1. The van der Waals surface area contributed by atoms with Crippen LogP contribution >= 0.6 is 23.7 Å². The number of benzene rings is 1. The second kappa shape index (κ2) is 7.76. The summed E-state index contributed by atoms with van der Waals surface area (Å²) in [6.45, 7) is 2.28. The molecule has 0 radical (unpaired) electrons. The molecule has 0 aliphatic heterocycles. The Balaban J connectivity index is 0.00000180. The van der Waals surface area contributed by atoms with E-state index in [9.17, 15) is 4.79 Å². The lowest BCUT2D eigenvalue weighted by atomic mass is 10.3. The van der Waals surface area contributed by atoms with Gasteiger partial charge in [-0.15, -0.1) is 23.7 Å². The first-order chi connectivity index (χ1) is 8.78. The van der Waals surface area contributed by atoms with E-state index in [1.807, 2.05) is 42.6 Å². The molecule has 2 rings (SSSR count). The summed E-state index contributed by atoms with van der Waals surface area (Å²) < 4.78 is 0. The van der Waals surface area contributed by atoms with Crippen molar-refractivity contribution in [2.45, 2.75) is 13.3 Å². The maximum absolute atomic E-state index is 11.7. The molecule has 1 aromatic carbocycles. The maximum Gasteiger partial charge on any atom is 0.245 e. The fourth-order valence-electron chi connectivity index (χ4n) is 1.43. The van der Waals surface area contributed by atoms with Crippen LogP contribution in [0.4, 0.5) is 10.8 Å². The van der Waals surface area contributed by atoms with Gasteiger partial charge in [0.05, 0.1) is 12.2 Å². The summed E-state index contributed by atoms with van der Waals surface area (Å²) in [4.78, 5) is 16.0. The lowest BCUT2D eigenvalue weighted by molar-refractivity contribution is -0.114. The Bertz CT molecular complexity index is 516. The Labute approximate surface area is 122 Å². The minimum Gasteiger partial charge on any atom is -0.376 e. The number of hydrogen-bond acceptors (Lipinski definition) is 4. The molecular weight excluding hydrogens is 282 g/mol. The highest BCUT2D eigenvalue weighted by molar-refractivity contribution is 7.13. The Hall–Kier alpha value is -1.59. The highest BCUT2D eigenvalue weighted by Crippen LogP contribution is 2.15. The Morgan fingerprint density at radius 1 is 1.32 bits per heavy atom. The zero-order valence-electron chi connectivity index (χ0n) is 10.6. The summed E-state index contributed by atoms with van der Waals surface area (Å²) in [6.07, 6.45) is 0.884. The van der Waals surface area contributed by atoms with E-state index in [4.69, 9.17) is 0 Å². The Morgan fingerprint density at radius 2 is 2.05 bits per heavy atom. The predicted molar refractivity (Wildman–Crippen MR) is 82.3 cm³/mol. The third-order valence-corrected chi connectivity index (χ3v) is 3.19. The van der Waals surface area contributed by atoms with Crippen molar-refractivity contribution in [3.63, 3.8) is 0 Å². The molecular formula is C13H16ClN3OS. The van der Waals surface area contributed by atoms with Crippen LogP contribution in [-0.4, -0.2) is 17.4 Å². The molecule has 0 unspecified atom stereocenters. The minimum absolute atomic E-state index is 0. The van der Waals surface area contributed by atoms with Crippen molar-refractivity contribution in [2.24, 2.45) is 0 Å². The topological polar surface area (TPSA) is 54.0 Å². The summed E-state index contributed by atoms with van der Waals surface area (Å²) in [5, 5.41) is 8.44. The average molecular weight is 298 g/mol. The highest BCUT2D eigenvalue weighted by atomic mass is 35.5. The van der Waals surface area contributed by atoms with Gasteiger partial charge in [-0.25, -0.2) is 4.98 Å². The number of rotatable bonds is 5. The van der Waals surface area contributed by atoms with E-state index in [2.05, 4.69) is 15.6 Å². The first-order valence-corrected chi connectivity index (χ1v) is 6.69. The van der Waals surface area contributed by atoms with Gasteiger partial charge in [0.1, 0.15) is 0 Å². The summed E-state index contributed by atoms with van der Waals surface area (Å²) in [5.74, 6) is -0.0872. The van der Waals surface area contributed by atoms with Gasteiger partial charge in [0.15, 0.2) is 5.13 Å².